The molecular weight excluding hydrogens is 230 g/mol. The first-order valence-corrected chi connectivity index (χ1v) is 6.48. The molecule has 0 aromatic heterocycles. The van der Waals surface area contributed by atoms with Gasteiger partial charge in [0.1, 0.15) is 0 Å². The van der Waals surface area contributed by atoms with Gasteiger partial charge in [0.25, 0.3) is 0 Å². The van der Waals surface area contributed by atoms with Crippen molar-refractivity contribution in [2.45, 2.75) is 12.5 Å². The van der Waals surface area contributed by atoms with Gasteiger partial charge in [0.2, 0.25) is 0 Å². The molecule has 0 spiro atoms. The molecule has 1 heteroatoms. The molecule has 96 valence electrons. The number of hydrogen-bond donors (Lipinski definition) is 1. The van der Waals surface area contributed by atoms with E-state index in [-0.39, 0.29) is 6.04 Å². The van der Waals surface area contributed by atoms with E-state index >= 15 is 0 Å². The third-order valence-corrected chi connectivity index (χ3v) is 3.09. The van der Waals surface area contributed by atoms with Crippen LogP contribution in [0.3, 0.4) is 0 Å². The molecule has 0 radical (unpaired) electrons. The van der Waals surface area contributed by atoms with E-state index in [1.807, 2.05) is 42.5 Å². The maximum atomic E-state index is 6.36. The summed E-state index contributed by atoms with van der Waals surface area (Å²) < 4.78 is 0. The third-order valence-electron chi connectivity index (χ3n) is 3.09. The number of hydrogen-bond acceptors (Lipinski definition) is 1. The second kappa shape index (κ2) is 6.72. The summed E-state index contributed by atoms with van der Waals surface area (Å²) in [6.45, 7) is 3.82. The monoisotopic (exact) mass is 249 g/mol. The molecule has 0 saturated heterocycles. The highest BCUT2D eigenvalue weighted by Crippen LogP contribution is 2.24. The Balaban J connectivity index is 2.30. The highest BCUT2D eigenvalue weighted by atomic mass is 14.6. The average molecular weight is 249 g/mol. The molecule has 0 aliphatic heterocycles. The van der Waals surface area contributed by atoms with E-state index in [9.17, 15) is 0 Å². The zero-order valence-electron chi connectivity index (χ0n) is 11.0. The van der Waals surface area contributed by atoms with Crippen LogP contribution in [0, 0.1) is 0 Å². The van der Waals surface area contributed by atoms with E-state index in [4.69, 9.17) is 5.73 Å². The van der Waals surface area contributed by atoms with Crippen molar-refractivity contribution >= 4 is 6.08 Å². The quantitative estimate of drug-likeness (QED) is 0.783. The number of benzene rings is 2. The second-order valence-electron chi connectivity index (χ2n) is 4.51. The van der Waals surface area contributed by atoms with E-state index < -0.39 is 0 Å². The van der Waals surface area contributed by atoms with E-state index in [2.05, 4.69) is 36.9 Å². The molecule has 0 aliphatic carbocycles. The fourth-order valence-corrected chi connectivity index (χ4v) is 2.08. The molecule has 2 rings (SSSR count). The van der Waals surface area contributed by atoms with Gasteiger partial charge in [-0.05, 0) is 23.1 Å². The van der Waals surface area contributed by atoms with Crippen LogP contribution in [0.5, 0.6) is 0 Å². The van der Waals surface area contributed by atoms with Gasteiger partial charge in [0, 0.05) is 0 Å². The molecule has 2 aromatic rings. The Morgan fingerprint density at radius 3 is 2.16 bits per heavy atom. The van der Waals surface area contributed by atoms with Crippen LogP contribution in [0.1, 0.15) is 23.6 Å². The first-order valence-electron chi connectivity index (χ1n) is 6.48. The summed E-state index contributed by atoms with van der Waals surface area (Å²) in [6.07, 6.45) is 4.85. The van der Waals surface area contributed by atoms with Crippen molar-refractivity contribution in [3.63, 3.8) is 0 Å². The Hall–Kier alpha value is -2.12. The lowest BCUT2D eigenvalue weighted by atomic mass is 9.95. The van der Waals surface area contributed by atoms with Crippen LogP contribution in [-0.4, -0.2) is 0 Å². The fourth-order valence-electron chi connectivity index (χ4n) is 2.08. The van der Waals surface area contributed by atoms with Crippen LogP contribution in [0.4, 0.5) is 0 Å². The molecule has 1 atom stereocenters. The third kappa shape index (κ3) is 3.67. The lowest BCUT2D eigenvalue weighted by molar-refractivity contribution is 0.828. The summed E-state index contributed by atoms with van der Waals surface area (Å²) >= 11 is 0. The standard InChI is InChI=1S/C18H19N/c1-2-9-17(14-15-10-5-3-6-11-15)18(19)16-12-7-4-8-13-16/h2-8,10-14,18H,1,9,19H2/b17-14+. The largest absolute Gasteiger partial charge is 0.321 e. The Kier molecular flexibility index (Phi) is 4.71. The van der Waals surface area contributed by atoms with Crippen molar-refractivity contribution in [3.05, 3.63) is 90.0 Å². The highest BCUT2D eigenvalue weighted by molar-refractivity contribution is 5.55. The zero-order valence-corrected chi connectivity index (χ0v) is 11.0. The first kappa shape index (κ1) is 13.3. The normalized spacial score (nSPS) is 13.0. The van der Waals surface area contributed by atoms with Crippen molar-refractivity contribution < 1.29 is 0 Å². The number of nitrogens with two attached hydrogens (primary N) is 1. The average Bonchev–Trinajstić information content (AvgIpc) is 2.48. The van der Waals surface area contributed by atoms with Gasteiger partial charge in [0.05, 0.1) is 6.04 Å². The van der Waals surface area contributed by atoms with E-state index in [0.717, 1.165) is 12.0 Å². The Labute approximate surface area is 115 Å². The summed E-state index contributed by atoms with van der Waals surface area (Å²) in [5.41, 5.74) is 9.83. The summed E-state index contributed by atoms with van der Waals surface area (Å²) in [7, 11) is 0. The minimum Gasteiger partial charge on any atom is -0.321 e. The zero-order chi connectivity index (χ0) is 13.5. The van der Waals surface area contributed by atoms with Crippen LogP contribution in [0.15, 0.2) is 78.9 Å². The minimum absolute atomic E-state index is 0.0839. The summed E-state index contributed by atoms with van der Waals surface area (Å²) in [4.78, 5) is 0. The molecule has 1 nitrogen and oxygen atoms in total. The number of rotatable bonds is 5. The van der Waals surface area contributed by atoms with Crippen LogP contribution in [0.2, 0.25) is 0 Å². The van der Waals surface area contributed by atoms with Crippen LogP contribution < -0.4 is 5.73 Å². The van der Waals surface area contributed by atoms with Gasteiger partial charge in [-0.15, -0.1) is 6.58 Å². The Morgan fingerprint density at radius 2 is 1.58 bits per heavy atom. The van der Waals surface area contributed by atoms with Gasteiger partial charge in [0.15, 0.2) is 0 Å². The van der Waals surface area contributed by atoms with Gasteiger partial charge in [-0.3, -0.25) is 0 Å². The Morgan fingerprint density at radius 1 is 1.00 bits per heavy atom. The first-order chi connectivity index (χ1) is 9.31. The molecule has 19 heavy (non-hydrogen) atoms. The fraction of sp³-hybridized carbons (Fsp3) is 0.111. The van der Waals surface area contributed by atoms with Crippen molar-refractivity contribution in [1.29, 1.82) is 0 Å². The van der Waals surface area contributed by atoms with Crippen LogP contribution >= 0.6 is 0 Å². The summed E-state index contributed by atoms with van der Waals surface area (Å²) in [6, 6.07) is 20.3. The van der Waals surface area contributed by atoms with Gasteiger partial charge in [-0.25, -0.2) is 0 Å². The van der Waals surface area contributed by atoms with Gasteiger partial charge in [-0.1, -0.05) is 72.8 Å². The maximum Gasteiger partial charge on any atom is 0.0517 e. The molecule has 0 bridgehead atoms. The van der Waals surface area contributed by atoms with E-state index in [1.54, 1.807) is 0 Å². The van der Waals surface area contributed by atoms with Gasteiger partial charge >= 0.3 is 0 Å². The summed E-state index contributed by atoms with van der Waals surface area (Å²) in [5.74, 6) is 0. The van der Waals surface area contributed by atoms with E-state index in [1.165, 1.54) is 11.1 Å². The van der Waals surface area contributed by atoms with Gasteiger partial charge < -0.3 is 5.73 Å². The van der Waals surface area contributed by atoms with Crippen molar-refractivity contribution in [3.8, 4) is 0 Å². The van der Waals surface area contributed by atoms with Crippen LogP contribution in [0.25, 0.3) is 6.08 Å². The molecule has 1 unspecified atom stereocenters. The number of allylic oxidation sites excluding steroid dienone is 1. The van der Waals surface area contributed by atoms with Crippen molar-refractivity contribution in [1.82, 2.24) is 0 Å². The molecular formula is C18H19N. The van der Waals surface area contributed by atoms with Crippen LogP contribution in [-0.2, 0) is 0 Å². The van der Waals surface area contributed by atoms with Crippen molar-refractivity contribution in [2.24, 2.45) is 5.73 Å². The Bertz CT molecular complexity index is 540. The predicted octanol–water partition coefficient (Wildman–Crippen LogP) is 4.35. The molecule has 0 saturated carbocycles. The molecule has 0 amide bonds. The molecule has 0 fully saturated rings. The van der Waals surface area contributed by atoms with Gasteiger partial charge in [-0.2, -0.15) is 0 Å². The lowest BCUT2D eigenvalue weighted by Gasteiger charge is -2.15. The summed E-state index contributed by atoms with van der Waals surface area (Å²) in [5, 5.41) is 0. The van der Waals surface area contributed by atoms with E-state index in [0.29, 0.717) is 0 Å². The smallest absolute Gasteiger partial charge is 0.0517 e. The topological polar surface area (TPSA) is 26.0 Å². The second-order valence-corrected chi connectivity index (χ2v) is 4.51. The maximum absolute atomic E-state index is 6.36. The molecule has 2 N–H and O–H groups in total. The molecule has 0 aliphatic rings. The van der Waals surface area contributed by atoms with Crippen molar-refractivity contribution in [2.75, 3.05) is 0 Å². The highest BCUT2D eigenvalue weighted by Gasteiger charge is 2.10. The minimum atomic E-state index is -0.0839. The predicted molar refractivity (Wildman–Crippen MR) is 82.6 cm³/mol. The lowest BCUT2D eigenvalue weighted by Crippen LogP contribution is -2.12. The molecule has 0 heterocycles. The SMILES string of the molecule is C=CC/C(=C\c1ccccc1)C(N)c1ccccc1. The molecule has 2 aromatic carbocycles.